The summed E-state index contributed by atoms with van der Waals surface area (Å²) in [5.41, 5.74) is 1.60. The molecule has 0 aliphatic heterocycles. The zero-order valence-corrected chi connectivity index (χ0v) is 16.7. The highest BCUT2D eigenvalue weighted by Gasteiger charge is 2.13. The van der Waals surface area contributed by atoms with Crippen molar-refractivity contribution >= 4 is 50.0 Å². The van der Waals surface area contributed by atoms with E-state index >= 15 is 0 Å². The number of nitrogens with one attached hydrogen (secondary N) is 1. The van der Waals surface area contributed by atoms with E-state index in [2.05, 4.69) is 17.5 Å². The van der Waals surface area contributed by atoms with Gasteiger partial charge in [0.05, 0.1) is 0 Å². The quantitative estimate of drug-likeness (QED) is 0.209. The Morgan fingerprint density at radius 3 is 1.94 bits per heavy atom. The normalized spacial score (nSPS) is 11.5. The monoisotopic (exact) mass is 398 g/mol. The van der Waals surface area contributed by atoms with Gasteiger partial charge in [0.1, 0.15) is 11.6 Å². The second-order valence-corrected chi connectivity index (χ2v) is 7.42. The summed E-state index contributed by atoms with van der Waals surface area (Å²) in [6, 6.07) is 33.9. The first-order valence-electron chi connectivity index (χ1n) is 10.1. The van der Waals surface area contributed by atoms with Crippen LogP contribution >= 0.6 is 0 Å². The van der Waals surface area contributed by atoms with Gasteiger partial charge in [0, 0.05) is 5.69 Å². The number of anilines is 1. The molecule has 146 valence electrons. The number of fused-ring (bicyclic) bond motifs is 3. The molecule has 1 N–H and O–H groups in total. The molecule has 0 radical (unpaired) electrons. The Morgan fingerprint density at radius 1 is 0.710 bits per heavy atom. The molecule has 3 heteroatoms. The van der Waals surface area contributed by atoms with Crippen LogP contribution in [0.4, 0.5) is 5.69 Å². The van der Waals surface area contributed by atoms with Crippen LogP contribution in [0.25, 0.3) is 38.4 Å². The summed E-state index contributed by atoms with van der Waals surface area (Å²) in [5, 5.41) is 18.9. The summed E-state index contributed by atoms with van der Waals surface area (Å²) in [5.74, 6) is -0.421. The largest absolute Gasteiger partial charge is 0.321 e. The molecule has 0 bridgehead atoms. The Bertz CT molecular complexity index is 1490. The molecular weight excluding hydrogens is 380 g/mol. The second-order valence-electron chi connectivity index (χ2n) is 7.42. The van der Waals surface area contributed by atoms with Crippen LogP contribution in [0.5, 0.6) is 0 Å². The van der Waals surface area contributed by atoms with Gasteiger partial charge in [-0.2, -0.15) is 5.26 Å². The molecule has 0 saturated carbocycles. The third-order valence-electron chi connectivity index (χ3n) is 5.47. The first kappa shape index (κ1) is 18.6. The van der Waals surface area contributed by atoms with E-state index in [0.29, 0.717) is 5.69 Å². The molecule has 0 aliphatic carbocycles. The average Bonchev–Trinajstić information content (AvgIpc) is 2.81. The molecule has 0 spiro atoms. The zero-order chi connectivity index (χ0) is 21.2. The maximum atomic E-state index is 13.0. The minimum atomic E-state index is -0.421. The molecule has 0 atom stereocenters. The number of carbonyl (C=O) groups is 1. The summed E-state index contributed by atoms with van der Waals surface area (Å²) in [6.45, 7) is 0. The van der Waals surface area contributed by atoms with Crippen molar-refractivity contribution in [3.63, 3.8) is 0 Å². The van der Waals surface area contributed by atoms with Gasteiger partial charge < -0.3 is 5.32 Å². The fourth-order valence-electron chi connectivity index (χ4n) is 3.96. The van der Waals surface area contributed by atoms with Gasteiger partial charge in [-0.1, -0.05) is 78.9 Å². The smallest absolute Gasteiger partial charge is 0.266 e. The Balaban J connectivity index is 1.58. The fraction of sp³-hybridized carbons (Fsp3) is 0. The lowest BCUT2D eigenvalue weighted by molar-refractivity contribution is -0.112. The Kier molecular flexibility index (Phi) is 4.67. The minimum Gasteiger partial charge on any atom is -0.321 e. The van der Waals surface area contributed by atoms with E-state index in [1.807, 2.05) is 91.0 Å². The number of rotatable bonds is 3. The first-order chi connectivity index (χ1) is 15.2. The van der Waals surface area contributed by atoms with Crippen molar-refractivity contribution in [2.45, 2.75) is 0 Å². The topological polar surface area (TPSA) is 52.9 Å². The number of hydrogen-bond acceptors (Lipinski definition) is 2. The summed E-state index contributed by atoms with van der Waals surface area (Å²) in [7, 11) is 0. The maximum Gasteiger partial charge on any atom is 0.266 e. The van der Waals surface area contributed by atoms with Gasteiger partial charge in [-0.05, 0) is 62.2 Å². The van der Waals surface area contributed by atoms with Crippen LogP contribution in [-0.2, 0) is 4.79 Å². The Labute approximate surface area is 179 Å². The van der Waals surface area contributed by atoms with Crippen LogP contribution in [-0.4, -0.2) is 5.91 Å². The third-order valence-corrected chi connectivity index (χ3v) is 5.47. The van der Waals surface area contributed by atoms with Gasteiger partial charge in [0.2, 0.25) is 0 Å². The standard InChI is InChI=1S/C28H18N2O/c29-18-23(28(31)30-24-14-13-19-7-1-2-8-20(19)16-24)17-27-25-11-5-3-9-21(25)15-22-10-4-6-12-26(22)27/h1-17H,(H,30,31). The summed E-state index contributed by atoms with van der Waals surface area (Å²) >= 11 is 0. The molecule has 0 aromatic heterocycles. The molecule has 3 nitrogen and oxygen atoms in total. The molecule has 5 rings (SSSR count). The van der Waals surface area contributed by atoms with Crippen molar-refractivity contribution in [3.8, 4) is 6.07 Å². The van der Waals surface area contributed by atoms with Crippen LogP contribution < -0.4 is 5.32 Å². The van der Waals surface area contributed by atoms with Crippen molar-refractivity contribution in [3.05, 3.63) is 108 Å². The van der Waals surface area contributed by atoms with Crippen molar-refractivity contribution in [1.82, 2.24) is 0 Å². The van der Waals surface area contributed by atoms with Gasteiger partial charge in [-0.3, -0.25) is 4.79 Å². The van der Waals surface area contributed by atoms with E-state index in [1.54, 1.807) is 6.08 Å². The number of carbonyl (C=O) groups excluding carboxylic acids is 1. The highest BCUT2D eigenvalue weighted by atomic mass is 16.1. The molecule has 1 amide bonds. The first-order valence-corrected chi connectivity index (χ1v) is 10.1. The predicted molar refractivity (Wildman–Crippen MR) is 128 cm³/mol. The molecular formula is C28H18N2O. The lowest BCUT2D eigenvalue weighted by Gasteiger charge is -2.10. The highest BCUT2D eigenvalue weighted by Crippen LogP contribution is 2.30. The molecule has 5 aromatic rings. The van der Waals surface area contributed by atoms with E-state index < -0.39 is 5.91 Å². The summed E-state index contributed by atoms with van der Waals surface area (Å²) in [4.78, 5) is 13.0. The lowest BCUT2D eigenvalue weighted by atomic mass is 9.95. The number of hydrogen-bond donors (Lipinski definition) is 1. The Morgan fingerprint density at radius 2 is 1.29 bits per heavy atom. The fourth-order valence-corrected chi connectivity index (χ4v) is 3.96. The number of nitrogens with zero attached hydrogens (tertiary/aromatic N) is 1. The molecule has 0 aliphatic rings. The maximum absolute atomic E-state index is 13.0. The second kappa shape index (κ2) is 7.78. The molecule has 31 heavy (non-hydrogen) atoms. The van der Waals surface area contributed by atoms with Gasteiger partial charge in [0.15, 0.2) is 0 Å². The SMILES string of the molecule is N#CC(=Cc1c2ccccc2cc2ccccc12)C(=O)Nc1ccc2ccccc2c1. The van der Waals surface area contributed by atoms with Gasteiger partial charge in [-0.25, -0.2) is 0 Å². The zero-order valence-electron chi connectivity index (χ0n) is 16.7. The molecule has 0 saturated heterocycles. The van der Waals surface area contributed by atoms with Crippen LogP contribution in [0.2, 0.25) is 0 Å². The van der Waals surface area contributed by atoms with Crippen LogP contribution in [0.3, 0.4) is 0 Å². The van der Waals surface area contributed by atoms with E-state index in [-0.39, 0.29) is 5.57 Å². The van der Waals surface area contributed by atoms with Crippen molar-refractivity contribution in [2.75, 3.05) is 5.32 Å². The lowest BCUT2D eigenvalue weighted by Crippen LogP contribution is -2.13. The number of amides is 1. The van der Waals surface area contributed by atoms with Crippen LogP contribution in [0.15, 0.2) is 103 Å². The summed E-state index contributed by atoms with van der Waals surface area (Å²) in [6.07, 6.45) is 1.70. The van der Waals surface area contributed by atoms with Gasteiger partial charge >= 0.3 is 0 Å². The van der Waals surface area contributed by atoms with E-state index in [0.717, 1.165) is 37.9 Å². The van der Waals surface area contributed by atoms with E-state index in [1.165, 1.54) is 0 Å². The molecule has 0 fully saturated rings. The minimum absolute atomic E-state index is 0.0645. The van der Waals surface area contributed by atoms with Crippen molar-refractivity contribution in [1.29, 1.82) is 5.26 Å². The molecule has 5 aromatic carbocycles. The number of nitriles is 1. The van der Waals surface area contributed by atoms with E-state index in [4.69, 9.17) is 0 Å². The van der Waals surface area contributed by atoms with Crippen molar-refractivity contribution < 1.29 is 4.79 Å². The van der Waals surface area contributed by atoms with Crippen molar-refractivity contribution in [2.24, 2.45) is 0 Å². The molecule has 0 heterocycles. The van der Waals surface area contributed by atoms with Crippen LogP contribution in [0.1, 0.15) is 5.56 Å². The highest BCUT2D eigenvalue weighted by molar-refractivity contribution is 6.14. The van der Waals surface area contributed by atoms with Gasteiger partial charge in [0.25, 0.3) is 5.91 Å². The molecule has 0 unspecified atom stereocenters. The predicted octanol–water partition coefficient (Wildman–Crippen LogP) is 6.69. The third kappa shape index (κ3) is 3.52. The van der Waals surface area contributed by atoms with Gasteiger partial charge in [-0.15, -0.1) is 0 Å². The number of benzene rings is 5. The van der Waals surface area contributed by atoms with Crippen LogP contribution in [0, 0.1) is 11.3 Å². The van der Waals surface area contributed by atoms with E-state index in [9.17, 15) is 10.1 Å². The Hall–Kier alpha value is -4.42. The summed E-state index contributed by atoms with van der Waals surface area (Å²) < 4.78 is 0. The average molecular weight is 398 g/mol.